The minimum Gasteiger partial charge on any atom is -0.399 e. The molecule has 2 N–H and O–H groups in total. The number of amides is 1. The van der Waals surface area contributed by atoms with Gasteiger partial charge in [-0.3, -0.25) is 9.69 Å². The Hall–Kier alpha value is -1.24. The van der Waals surface area contributed by atoms with Gasteiger partial charge in [-0.25, -0.2) is 4.98 Å². The maximum atomic E-state index is 11.5. The van der Waals surface area contributed by atoms with E-state index in [9.17, 15) is 4.79 Å². The van der Waals surface area contributed by atoms with Gasteiger partial charge in [0.2, 0.25) is 5.91 Å². The fourth-order valence-corrected chi connectivity index (χ4v) is 3.96. The van der Waals surface area contributed by atoms with Crippen LogP contribution in [0.3, 0.4) is 0 Å². The number of aromatic nitrogens is 1. The molecule has 0 radical (unpaired) electrons. The van der Waals surface area contributed by atoms with Crippen LogP contribution in [0, 0.1) is 0 Å². The van der Waals surface area contributed by atoms with Crippen LogP contribution in [0.25, 0.3) is 0 Å². The molecule has 2 aromatic rings. The second-order valence-electron chi connectivity index (χ2n) is 4.36. The molecule has 0 saturated heterocycles. The van der Waals surface area contributed by atoms with E-state index in [-0.39, 0.29) is 5.91 Å². The highest BCUT2D eigenvalue weighted by atomic mass is 35.5. The Balaban J connectivity index is 2.06. The maximum absolute atomic E-state index is 11.5. The van der Waals surface area contributed by atoms with E-state index in [4.69, 9.17) is 17.3 Å². The number of thioether (sulfide) groups is 1. The van der Waals surface area contributed by atoms with Crippen LogP contribution < -0.4 is 10.6 Å². The van der Waals surface area contributed by atoms with Crippen molar-refractivity contribution in [2.24, 2.45) is 0 Å². The number of halogens is 1. The lowest BCUT2D eigenvalue weighted by atomic mass is 10.3. The summed E-state index contributed by atoms with van der Waals surface area (Å²) in [5.41, 5.74) is 7.38. The fourth-order valence-electron chi connectivity index (χ4n) is 1.76. The molecule has 0 saturated carbocycles. The standard InChI is InChI=1S/C14H16ClN3OS2/c1-3-18(9(2)19)14-17-11(8-21-14)7-20-13-6-10(16)4-5-12(13)15/h4-6,8H,3,7,16H2,1-2H3. The van der Waals surface area contributed by atoms with Gasteiger partial charge < -0.3 is 5.73 Å². The highest BCUT2D eigenvalue weighted by Crippen LogP contribution is 2.32. The minimum atomic E-state index is 0.00457. The van der Waals surface area contributed by atoms with Gasteiger partial charge in [0.15, 0.2) is 5.13 Å². The summed E-state index contributed by atoms with van der Waals surface area (Å²) < 4.78 is 0. The quantitative estimate of drug-likeness (QED) is 0.658. The summed E-state index contributed by atoms with van der Waals surface area (Å²) in [5, 5.41) is 3.39. The third-order valence-electron chi connectivity index (χ3n) is 2.80. The van der Waals surface area contributed by atoms with Gasteiger partial charge in [0.25, 0.3) is 0 Å². The highest BCUT2D eigenvalue weighted by molar-refractivity contribution is 7.98. The monoisotopic (exact) mass is 341 g/mol. The lowest BCUT2D eigenvalue weighted by molar-refractivity contribution is -0.116. The highest BCUT2D eigenvalue weighted by Gasteiger charge is 2.13. The Morgan fingerprint density at radius 1 is 1.52 bits per heavy atom. The molecule has 0 aliphatic heterocycles. The van der Waals surface area contributed by atoms with Crippen molar-refractivity contribution in [1.29, 1.82) is 0 Å². The van der Waals surface area contributed by atoms with Crippen molar-refractivity contribution < 1.29 is 4.79 Å². The van der Waals surface area contributed by atoms with E-state index in [1.165, 1.54) is 11.3 Å². The van der Waals surface area contributed by atoms with Crippen LogP contribution >= 0.6 is 34.7 Å². The number of carbonyl (C=O) groups is 1. The number of hydrogen-bond acceptors (Lipinski definition) is 5. The first-order chi connectivity index (χ1) is 10.0. The molecular weight excluding hydrogens is 326 g/mol. The zero-order valence-corrected chi connectivity index (χ0v) is 14.2. The smallest absolute Gasteiger partial charge is 0.225 e. The summed E-state index contributed by atoms with van der Waals surface area (Å²) in [5.74, 6) is 0.694. The molecule has 0 aliphatic carbocycles. The van der Waals surface area contributed by atoms with E-state index in [1.54, 1.807) is 35.7 Å². The summed E-state index contributed by atoms with van der Waals surface area (Å²) in [6.07, 6.45) is 0. The lowest BCUT2D eigenvalue weighted by Gasteiger charge is -2.14. The number of nitrogen functional groups attached to an aromatic ring is 1. The van der Waals surface area contributed by atoms with Gasteiger partial charge in [0.05, 0.1) is 10.7 Å². The van der Waals surface area contributed by atoms with Crippen molar-refractivity contribution in [3.05, 3.63) is 34.3 Å². The van der Waals surface area contributed by atoms with Crippen molar-refractivity contribution in [2.45, 2.75) is 24.5 Å². The fraction of sp³-hybridized carbons (Fsp3) is 0.286. The van der Waals surface area contributed by atoms with Crippen molar-refractivity contribution in [3.8, 4) is 0 Å². The summed E-state index contributed by atoms with van der Waals surface area (Å²) in [6, 6.07) is 5.42. The van der Waals surface area contributed by atoms with Gasteiger partial charge in [-0.15, -0.1) is 23.1 Å². The van der Waals surface area contributed by atoms with E-state index < -0.39 is 0 Å². The van der Waals surface area contributed by atoms with Crippen LogP contribution in [0.15, 0.2) is 28.5 Å². The largest absolute Gasteiger partial charge is 0.399 e. The number of thiazole rings is 1. The molecule has 1 aromatic heterocycles. The van der Waals surface area contributed by atoms with E-state index in [2.05, 4.69) is 4.98 Å². The molecule has 21 heavy (non-hydrogen) atoms. The Morgan fingerprint density at radius 2 is 2.29 bits per heavy atom. The molecule has 1 heterocycles. The number of benzene rings is 1. The Bertz CT molecular complexity index is 645. The van der Waals surface area contributed by atoms with Gasteiger partial charge in [0.1, 0.15) is 0 Å². The van der Waals surface area contributed by atoms with E-state index in [0.717, 1.165) is 15.7 Å². The number of carbonyl (C=O) groups excluding carboxylic acids is 1. The molecule has 0 fully saturated rings. The summed E-state index contributed by atoms with van der Waals surface area (Å²) in [7, 11) is 0. The van der Waals surface area contributed by atoms with Crippen molar-refractivity contribution in [1.82, 2.24) is 4.98 Å². The average Bonchev–Trinajstić information content (AvgIpc) is 2.89. The van der Waals surface area contributed by atoms with Crippen LogP contribution in [-0.2, 0) is 10.5 Å². The first kappa shape index (κ1) is 16.1. The van der Waals surface area contributed by atoms with Crippen LogP contribution in [-0.4, -0.2) is 17.4 Å². The molecule has 7 heteroatoms. The zero-order valence-electron chi connectivity index (χ0n) is 11.8. The third kappa shape index (κ3) is 4.12. The van der Waals surface area contributed by atoms with Crippen LogP contribution in [0.4, 0.5) is 10.8 Å². The van der Waals surface area contributed by atoms with Gasteiger partial charge in [-0.1, -0.05) is 11.6 Å². The third-order valence-corrected chi connectivity index (χ3v) is 5.24. The van der Waals surface area contributed by atoms with Gasteiger partial charge >= 0.3 is 0 Å². The molecule has 1 aromatic carbocycles. The summed E-state index contributed by atoms with van der Waals surface area (Å²) in [4.78, 5) is 18.6. The average molecular weight is 342 g/mol. The first-order valence-corrected chi connectivity index (χ1v) is 8.66. The maximum Gasteiger partial charge on any atom is 0.225 e. The molecule has 1 amide bonds. The first-order valence-electron chi connectivity index (χ1n) is 6.41. The minimum absolute atomic E-state index is 0.00457. The Kier molecular flexibility index (Phi) is 5.50. The van der Waals surface area contributed by atoms with Crippen molar-refractivity contribution in [2.75, 3.05) is 17.2 Å². The van der Waals surface area contributed by atoms with Crippen molar-refractivity contribution >= 4 is 51.4 Å². The zero-order chi connectivity index (χ0) is 15.4. The van der Waals surface area contributed by atoms with Crippen molar-refractivity contribution in [3.63, 3.8) is 0 Å². The number of rotatable bonds is 5. The Labute approximate surface area is 137 Å². The van der Waals surface area contributed by atoms with Crippen LogP contribution in [0.5, 0.6) is 0 Å². The lowest BCUT2D eigenvalue weighted by Crippen LogP contribution is -2.27. The van der Waals surface area contributed by atoms with Crippen LogP contribution in [0.2, 0.25) is 5.02 Å². The molecular formula is C14H16ClN3OS2. The molecule has 4 nitrogen and oxygen atoms in total. The Morgan fingerprint density at radius 3 is 2.95 bits per heavy atom. The van der Waals surface area contributed by atoms with E-state index in [1.807, 2.05) is 18.4 Å². The summed E-state index contributed by atoms with van der Waals surface area (Å²) >= 11 is 9.20. The molecule has 2 rings (SSSR count). The van der Waals surface area contributed by atoms with Crippen LogP contribution in [0.1, 0.15) is 19.5 Å². The normalized spacial score (nSPS) is 10.6. The molecule has 0 atom stereocenters. The topological polar surface area (TPSA) is 59.2 Å². The molecule has 0 unspecified atom stereocenters. The molecule has 112 valence electrons. The number of hydrogen-bond donors (Lipinski definition) is 1. The van der Waals surface area contributed by atoms with E-state index in [0.29, 0.717) is 23.0 Å². The molecule has 0 spiro atoms. The molecule has 0 bridgehead atoms. The van der Waals surface area contributed by atoms with Gasteiger partial charge in [0, 0.05) is 35.2 Å². The number of nitrogens with two attached hydrogens (primary N) is 1. The molecule has 0 aliphatic rings. The van der Waals surface area contributed by atoms with Gasteiger partial charge in [-0.05, 0) is 25.1 Å². The second kappa shape index (κ2) is 7.15. The number of nitrogens with zero attached hydrogens (tertiary/aromatic N) is 2. The van der Waals surface area contributed by atoms with E-state index >= 15 is 0 Å². The SMILES string of the molecule is CCN(C(C)=O)c1nc(CSc2cc(N)ccc2Cl)cs1. The predicted molar refractivity (Wildman–Crippen MR) is 91.2 cm³/mol. The van der Waals surface area contributed by atoms with Gasteiger partial charge in [-0.2, -0.15) is 0 Å². The second-order valence-corrected chi connectivity index (χ2v) is 6.62. The summed E-state index contributed by atoms with van der Waals surface area (Å²) in [6.45, 7) is 4.10. The number of anilines is 2. The predicted octanol–water partition coefficient (Wildman–Crippen LogP) is 4.04.